The molecule has 3 rings (SSSR count). The van der Waals surface area contributed by atoms with Crippen molar-refractivity contribution in [1.82, 2.24) is 10.3 Å². The van der Waals surface area contributed by atoms with Gasteiger partial charge in [0.1, 0.15) is 5.60 Å². The molecule has 1 amide bonds. The third kappa shape index (κ3) is 2.89. The first-order chi connectivity index (χ1) is 11.4. The van der Waals surface area contributed by atoms with Crippen LogP contribution in [-0.4, -0.2) is 27.5 Å². The van der Waals surface area contributed by atoms with Gasteiger partial charge in [0.15, 0.2) is 0 Å². The molecule has 1 unspecified atom stereocenters. The fourth-order valence-electron chi connectivity index (χ4n) is 2.78. The highest BCUT2D eigenvalue weighted by atomic mass is 19.3. The van der Waals surface area contributed by atoms with Gasteiger partial charge in [-0.25, -0.2) is 0 Å². The lowest BCUT2D eigenvalue weighted by Crippen LogP contribution is -2.61. The molecule has 0 spiro atoms. The van der Waals surface area contributed by atoms with Crippen LogP contribution in [0.5, 0.6) is 0 Å². The van der Waals surface area contributed by atoms with Crippen molar-refractivity contribution in [2.75, 3.05) is 0 Å². The Labute approximate surface area is 138 Å². The minimum atomic E-state index is -3.84. The predicted molar refractivity (Wildman–Crippen MR) is 84.4 cm³/mol. The van der Waals surface area contributed by atoms with Gasteiger partial charge in [0.2, 0.25) is 0 Å². The normalized spacial score (nSPS) is 17.6. The molecule has 126 valence electrons. The van der Waals surface area contributed by atoms with Crippen LogP contribution >= 0.6 is 0 Å². The van der Waals surface area contributed by atoms with Gasteiger partial charge in [-0.2, -0.15) is 8.78 Å². The molecule has 1 aromatic heterocycles. The lowest BCUT2D eigenvalue weighted by molar-refractivity contribution is -0.216. The summed E-state index contributed by atoms with van der Waals surface area (Å²) in [6.07, 6.45) is 1.87. The molecule has 24 heavy (non-hydrogen) atoms. The second kappa shape index (κ2) is 6.28. The number of hydrogen-bond donors (Lipinski definition) is 2. The zero-order valence-corrected chi connectivity index (χ0v) is 13.0. The standard InChI is InChI=1S/C18H18F2N2O2/c19-18(20,17(24)10-6-11-17)16(23)22-15(13-7-2-1-3-8-13)14-9-4-5-12-21-14/h1-5,7-9,12,15,24H,6,10-11H2,(H,22,23). The summed E-state index contributed by atoms with van der Waals surface area (Å²) in [7, 11) is 0. The quantitative estimate of drug-likeness (QED) is 0.885. The van der Waals surface area contributed by atoms with Crippen LogP contribution in [0.25, 0.3) is 0 Å². The van der Waals surface area contributed by atoms with Gasteiger partial charge in [0, 0.05) is 6.20 Å². The van der Waals surface area contributed by atoms with E-state index in [1.807, 2.05) is 0 Å². The van der Waals surface area contributed by atoms with Crippen LogP contribution in [0.15, 0.2) is 54.7 Å². The maximum atomic E-state index is 14.4. The van der Waals surface area contributed by atoms with Crippen molar-refractivity contribution < 1.29 is 18.7 Å². The van der Waals surface area contributed by atoms with Crippen molar-refractivity contribution in [3.05, 3.63) is 66.0 Å². The number of carbonyl (C=O) groups is 1. The summed E-state index contributed by atoms with van der Waals surface area (Å²) in [6.45, 7) is 0. The lowest BCUT2D eigenvalue weighted by atomic mass is 9.75. The first kappa shape index (κ1) is 16.5. The van der Waals surface area contributed by atoms with Crippen LogP contribution in [0.1, 0.15) is 36.6 Å². The lowest BCUT2D eigenvalue weighted by Gasteiger charge is -2.41. The van der Waals surface area contributed by atoms with Crippen molar-refractivity contribution in [3.8, 4) is 0 Å². The number of hydrogen-bond acceptors (Lipinski definition) is 3. The minimum absolute atomic E-state index is 0.0764. The number of amides is 1. The van der Waals surface area contributed by atoms with Crippen molar-refractivity contribution in [3.63, 3.8) is 0 Å². The molecule has 1 aliphatic rings. The summed E-state index contributed by atoms with van der Waals surface area (Å²) in [5.74, 6) is -5.32. The van der Waals surface area contributed by atoms with E-state index in [4.69, 9.17) is 0 Å². The van der Waals surface area contributed by atoms with E-state index in [0.717, 1.165) is 0 Å². The van der Waals surface area contributed by atoms with Gasteiger partial charge >= 0.3 is 5.92 Å². The van der Waals surface area contributed by atoms with Crippen molar-refractivity contribution in [2.24, 2.45) is 0 Å². The molecule has 1 heterocycles. The third-order valence-electron chi connectivity index (χ3n) is 4.44. The molecule has 1 saturated carbocycles. The van der Waals surface area contributed by atoms with Crippen LogP contribution in [0, 0.1) is 0 Å². The molecule has 0 radical (unpaired) electrons. The second-order valence-electron chi connectivity index (χ2n) is 6.03. The molecule has 1 fully saturated rings. The first-order valence-corrected chi connectivity index (χ1v) is 7.81. The largest absolute Gasteiger partial charge is 0.383 e. The zero-order valence-electron chi connectivity index (χ0n) is 13.0. The monoisotopic (exact) mass is 332 g/mol. The summed E-state index contributed by atoms with van der Waals surface area (Å²) >= 11 is 0. The smallest absolute Gasteiger partial charge is 0.352 e. The van der Waals surface area contributed by atoms with Crippen LogP contribution in [0.2, 0.25) is 0 Å². The number of aliphatic hydroxyl groups is 1. The van der Waals surface area contributed by atoms with Crippen LogP contribution in [-0.2, 0) is 4.79 Å². The van der Waals surface area contributed by atoms with E-state index in [9.17, 15) is 18.7 Å². The van der Waals surface area contributed by atoms with Crippen LogP contribution in [0.3, 0.4) is 0 Å². The molecule has 2 aromatic rings. The number of nitrogens with zero attached hydrogens (tertiary/aromatic N) is 1. The molecule has 0 saturated heterocycles. The summed E-state index contributed by atoms with van der Waals surface area (Å²) in [5, 5.41) is 12.3. The molecule has 0 aliphatic heterocycles. The third-order valence-corrected chi connectivity index (χ3v) is 4.44. The van der Waals surface area contributed by atoms with Crippen molar-refractivity contribution >= 4 is 5.91 Å². The molecular weight excluding hydrogens is 314 g/mol. The average molecular weight is 332 g/mol. The maximum absolute atomic E-state index is 14.4. The minimum Gasteiger partial charge on any atom is -0.383 e. The van der Waals surface area contributed by atoms with Gasteiger partial charge in [-0.3, -0.25) is 9.78 Å². The van der Waals surface area contributed by atoms with Gasteiger partial charge < -0.3 is 10.4 Å². The molecule has 1 aromatic carbocycles. The van der Waals surface area contributed by atoms with Crippen LogP contribution in [0.4, 0.5) is 8.78 Å². The summed E-state index contributed by atoms with van der Waals surface area (Å²) in [6, 6.07) is 13.1. The van der Waals surface area contributed by atoms with Crippen molar-refractivity contribution in [1.29, 1.82) is 0 Å². The van der Waals surface area contributed by atoms with E-state index in [-0.39, 0.29) is 12.8 Å². The van der Waals surface area contributed by atoms with Crippen LogP contribution < -0.4 is 5.32 Å². The van der Waals surface area contributed by atoms with Gasteiger partial charge in [-0.1, -0.05) is 36.4 Å². The highest BCUT2D eigenvalue weighted by Gasteiger charge is 2.61. The molecule has 6 heteroatoms. The molecule has 4 nitrogen and oxygen atoms in total. The Morgan fingerprint density at radius 1 is 1.17 bits per heavy atom. The molecule has 1 aliphatic carbocycles. The average Bonchev–Trinajstić information content (AvgIpc) is 2.58. The number of benzene rings is 1. The molecule has 0 bridgehead atoms. The first-order valence-electron chi connectivity index (χ1n) is 7.81. The van der Waals surface area contributed by atoms with Gasteiger partial charge in [0.05, 0.1) is 11.7 Å². The van der Waals surface area contributed by atoms with Gasteiger partial charge in [-0.15, -0.1) is 0 Å². The SMILES string of the molecule is O=C(NC(c1ccccc1)c1ccccn1)C(F)(F)C1(O)CCC1. The van der Waals surface area contributed by atoms with E-state index in [0.29, 0.717) is 17.7 Å². The van der Waals surface area contributed by atoms with Gasteiger partial charge in [-0.05, 0) is 37.0 Å². The number of nitrogens with one attached hydrogen (secondary N) is 1. The molecule has 2 N–H and O–H groups in total. The Kier molecular flexibility index (Phi) is 4.32. The van der Waals surface area contributed by atoms with E-state index < -0.39 is 23.5 Å². The Morgan fingerprint density at radius 3 is 2.38 bits per heavy atom. The molecule has 1 atom stereocenters. The fourth-order valence-corrected chi connectivity index (χ4v) is 2.78. The maximum Gasteiger partial charge on any atom is 0.352 e. The van der Waals surface area contributed by atoms with E-state index in [1.54, 1.807) is 48.5 Å². The highest BCUT2D eigenvalue weighted by Crippen LogP contribution is 2.44. The Hall–Kier alpha value is -2.34. The second-order valence-corrected chi connectivity index (χ2v) is 6.03. The topological polar surface area (TPSA) is 62.2 Å². The van der Waals surface area contributed by atoms with Crippen molar-refractivity contribution in [2.45, 2.75) is 36.8 Å². The predicted octanol–water partition coefficient (Wildman–Crippen LogP) is 2.84. The number of carbonyl (C=O) groups excluding carboxylic acids is 1. The Morgan fingerprint density at radius 2 is 1.83 bits per heavy atom. The zero-order chi connectivity index (χ0) is 17.2. The number of rotatable bonds is 5. The number of aromatic nitrogens is 1. The van der Waals surface area contributed by atoms with E-state index in [1.165, 1.54) is 6.20 Å². The number of halogens is 2. The Bertz CT molecular complexity index is 664. The summed E-state index contributed by atoms with van der Waals surface area (Å²) in [5.41, 5.74) is -1.16. The summed E-state index contributed by atoms with van der Waals surface area (Å²) in [4.78, 5) is 16.4. The van der Waals surface area contributed by atoms with E-state index in [2.05, 4.69) is 10.3 Å². The van der Waals surface area contributed by atoms with Gasteiger partial charge in [0.25, 0.3) is 5.91 Å². The molecular formula is C18H18F2N2O2. The Balaban J connectivity index is 1.89. The summed E-state index contributed by atoms with van der Waals surface area (Å²) < 4.78 is 28.7. The van der Waals surface area contributed by atoms with E-state index >= 15 is 0 Å². The number of pyridine rings is 1. The fraction of sp³-hybridized carbons (Fsp3) is 0.333. The highest BCUT2D eigenvalue weighted by molar-refractivity contribution is 5.85. The number of alkyl halides is 2.